The second-order valence-corrected chi connectivity index (χ2v) is 6.84. The van der Waals surface area contributed by atoms with Crippen molar-refractivity contribution < 1.29 is 19.1 Å². The van der Waals surface area contributed by atoms with E-state index in [4.69, 9.17) is 4.74 Å². The number of Topliss-reactive ketones (excluding diaryl/α,β-unsaturated/α-hetero) is 2. The summed E-state index contributed by atoms with van der Waals surface area (Å²) in [5.74, 6) is -1.27. The smallest absolute Gasteiger partial charge is 0.312 e. The predicted molar refractivity (Wildman–Crippen MR) is 66.3 cm³/mol. The van der Waals surface area contributed by atoms with Crippen molar-refractivity contribution >= 4 is 17.5 Å². The maximum Gasteiger partial charge on any atom is 0.312 e. The molecule has 0 radical (unpaired) electrons. The average Bonchev–Trinajstić information content (AvgIpc) is 2.24. The molecule has 4 aliphatic rings. The van der Waals surface area contributed by atoms with Gasteiger partial charge in [0, 0.05) is 11.8 Å². The monoisotopic (exact) mass is 265 g/mol. The first-order valence-corrected chi connectivity index (χ1v) is 6.84. The molecule has 0 aromatic carbocycles. The third-order valence-corrected chi connectivity index (χ3v) is 4.33. The van der Waals surface area contributed by atoms with Crippen molar-refractivity contribution in [1.82, 2.24) is 5.32 Å². The van der Waals surface area contributed by atoms with Crippen molar-refractivity contribution in [2.75, 3.05) is 0 Å². The lowest BCUT2D eigenvalue weighted by molar-refractivity contribution is -0.175. The highest BCUT2D eigenvalue weighted by atomic mass is 16.6. The molecule has 0 spiro atoms. The molecule has 2 aliphatic heterocycles. The largest absolute Gasteiger partial charge is 0.460 e. The molecule has 2 saturated carbocycles. The van der Waals surface area contributed by atoms with Crippen molar-refractivity contribution in [2.45, 2.75) is 51.3 Å². The number of carbonyl (C=O) groups excluding carboxylic acids is 3. The summed E-state index contributed by atoms with van der Waals surface area (Å²) in [6.07, 6.45) is 1.13. The van der Waals surface area contributed by atoms with Crippen LogP contribution >= 0.6 is 0 Å². The van der Waals surface area contributed by atoms with E-state index in [1.165, 1.54) is 0 Å². The molecule has 4 bridgehead atoms. The Morgan fingerprint density at radius 1 is 1.21 bits per heavy atom. The number of nitrogens with one attached hydrogen (secondary N) is 1. The van der Waals surface area contributed by atoms with Crippen molar-refractivity contribution in [3.63, 3.8) is 0 Å². The third-order valence-electron chi connectivity index (χ3n) is 4.33. The molecule has 2 heterocycles. The van der Waals surface area contributed by atoms with Crippen molar-refractivity contribution in [3.8, 4) is 0 Å². The van der Waals surface area contributed by atoms with E-state index in [0.29, 0.717) is 12.8 Å². The molecule has 1 N–H and O–H groups in total. The molecular formula is C14H19NO4. The highest BCUT2D eigenvalue weighted by Crippen LogP contribution is 2.44. The quantitative estimate of drug-likeness (QED) is 0.697. The Morgan fingerprint density at radius 2 is 1.89 bits per heavy atom. The Labute approximate surface area is 112 Å². The molecule has 4 fully saturated rings. The van der Waals surface area contributed by atoms with Gasteiger partial charge in [-0.3, -0.25) is 19.7 Å². The standard InChI is InChI=1S/C14H19NO4/c1-14(2,3)19-13(18)9-7-4-6-5-8(12(7)17)15-10(9)11(6)16/h6-10,15H,4-5H2,1-3H3. The first kappa shape index (κ1) is 12.8. The van der Waals surface area contributed by atoms with E-state index in [1.54, 1.807) is 20.8 Å². The van der Waals surface area contributed by atoms with Crippen LogP contribution in [0.1, 0.15) is 33.6 Å². The molecule has 4 rings (SSSR count). The van der Waals surface area contributed by atoms with Crippen molar-refractivity contribution in [1.29, 1.82) is 0 Å². The molecule has 19 heavy (non-hydrogen) atoms. The molecule has 2 aliphatic carbocycles. The van der Waals surface area contributed by atoms with Crippen LogP contribution in [0.25, 0.3) is 0 Å². The molecule has 0 aromatic heterocycles. The van der Waals surface area contributed by atoms with E-state index in [0.717, 1.165) is 0 Å². The normalized spacial score (nSPS) is 40.7. The molecule has 5 atom stereocenters. The van der Waals surface area contributed by atoms with Crippen LogP contribution in [-0.4, -0.2) is 35.2 Å². The van der Waals surface area contributed by atoms with Gasteiger partial charge in [-0.2, -0.15) is 0 Å². The summed E-state index contributed by atoms with van der Waals surface area (Å²) in [5, 5.41) is 3.03. The summed E-state index contributed by atoms with van der Waals surface area (Å²) in [5.41, 5.74) is -0.599. The Morgan fingerprint density at radius 3 is 2.53 bits per heavy atom. The summed E-state index contributed by atoms with van der Waals surface area (Å²) in [6.45, 7) is 5.37. The van der Waals surface area contributed by atoms with E-state index >= 15 is 0 Å². The lowest BCUT2D eigenvalue weighted by atomic mass is 9.58. The van der Waals surface area contributed by atoms with E-state index in [9.17, 15) is 14.4 Å². The topological polar surface area (TPSA) is 72.5 Å². The van der Waals surface area contributed by atoms with Crippen LogP contribution in [0.4, 0.5) is 0 Å². The Kier molecular flexibility index (Phi) is 2.61. The number of hydrogen-bond donors (Lipinski definition) is 1. The Bertz CT molecular complexity index is 437. The third kappa shape index (κ3) is 1.91. The molecular weight excluding hydrogens is 246 g/mol. The second kappa shape index (κ2) is 3.88. The van der Waals surface area contributed by atoms with Crippen LogP contribution < -0.4 is 5.32 Å². The van der Waals surface area contributed by atoms with Crippen LogP contribution in [0.15, 0.2) is 0 Å². The minimum absolute atomic E-state index is 0.0439. The van der Waals surface area contributed by atoms with E-state index in [1.807, 2.05) is 0 Å². The van der Waals surface area contributed by atoms with E-state index < -0.39 is 23.5 Å². The van der Waals surface area contributed by atoms with Gasteiger partial charge in [0.1, 0.15) is 5.60 Å². The molecule has 5 nitrogen and oxygen atoms in total. The van der Waals surface area contributed by atoms with Gasteiger partial charge < -0.3 is 4.74 Å². The van der Waals surface area contributed by atoms with E-state index in [-0.39, 0.29) is 29.4 Å². The number of ketones is 2. The minimum atomic E-state index is -0.632. The van der Waals surface area contributed by atoms with Crippen LogP contribution in [-0.2, 0) is 19.1 Å². The van der Waals surface area contributed by atoms with Gasteiger partial charge in [-0.15, -0.1) is 0 Å². The first-order chi connectivity index (χ1) is 8.78. The highest BCUT2D eigenvalue weighted by molar-refractivity contribution is 6.03. The number of esters is 1. The summed E-state index contributed by atoms with van der Waals surface area (Å²) in [6, 6.07) is -0.750. The van der Waals surface area contributed by atoms with Crippen molar-refractivity contribution in [3.05, 3.63) is 0 Å². The molecule has 0 amide bonds. The molecule has 5 unspecified atom stereocenters. The number of ether oxygens (including phenoxy) is 1. The van der Waals surface area contributed by atoms with Gasteiger partial charge >= 0.3 is 5.97 Å². The van der Waals surface area contributed by atoms with Crippen LogP contribution in [0.2, 0.25) is 0 Å². The van der Waals surface area contributed by atoms with Gasteiger partial charge in [-0.05, 0) is 33.6 Å². The number of rotatable bonds is 1. The minimum Gasteiger partial charge on any atom is -0.460 e. The maximum absolute atomic E-state index is 12.3. The Hall–Kier alpha value is -1.23. The maximum atomic E-state index is 12.3. The zero-order chi connectivity index (χ0) is 13.9. The van der Waals surface area contributed by atoms with Gasteiger partial charge in [-0.1, -0.05) is 0 Å². The summed E-state index contributed by atoms with van der Waals surface area (Å²) >= 11 is 0. The molecule has 2 saturated heterocycles. The average molecular weight is 265 g/mol. The zero-order valence-electron chi connectivity index (χ0n) is 11.4. The summed E-state index contributed by atoms with van der Waals surface area (Å²) in [4.78, 5) is 36.6. The fourth-order valence-electron chi connectivity index (χ4n) is 3.62. The molecule has 5 heteroatoms. The zero-order valence-corrected chi connectivity index (χ0v) is 11.4. The number of hydrogen-bond acceptors (Lipinski definition) is 5. The van der Waals surface area contributed by atoms with Gasteiger partial charge in [-0.25, -0.2) is 0 Å². The first-order valence-electron chi connectivity index (χ1n) is 6.84. The number of piperidine rings is 2. The van der Waals surface area contributed by atoms with Crippen LogP contribution in [0.5, 0.6) is 0 Å². The lowest BCUT2D eigenvalue weighted by Crippen LogP contribution is -2.71. The van der Waals surface area contributed by atoms with Gasteiger partial charge in [0.2, 0.25) is 0 Å². The SMILES string of the molecule is CC(C)(C)OC(=O)C1C2CC3CC(NC1C3=O)C2=O. The Balaban J connectivity index is 1.87. The summed E-state index contributed by atoms with van der Waals surface area (Å²) < 4.78 is 5.38. The fraction of sp³-hybridized carbons (Fsp3) is 0.786. The molecule has 0 aromatic rings. The molecule has 104 valence electrons. The van der Waals surface area contributed by atoms with Crippen LogP contribution in [0, 0.1) is 17.8 Å². The number of carbonyl (C=O) groups is 3. The summed E-state index contributed by atoms with van der Waals surface area (Å²) in [7, 11) is 0. The van der Waals surface area contributed by atoms with Crippen LogP contribution in [0.3, 0.4) is 0 Å². The van der Waals surface area contributed by atoms with Gasteiger partial charge in [0.15, 0.2) is 11.6 Å². The lowest BCUT2D eigenvalue weighted by Gasteiger charge is -2.51. The van der Waals surface area contributed by atoms with Crippen molar-refractivity contribution in [2.24, 2.45) is 17.8 Å². The second-order valence-electron chi connectivity index (χ2n) is 6.84. The van der Waals surface area contributed by atoms with E-state index in [2.05, 4.69) is 5.32 Å². The predicted octanol–water partition coefficient (Wildman–Crippen LogP) is 0.463. The van der Waals surface area contributed by atoms with Gasteiger partial charge in [0.05, 0.1) is 18.0 Å². The highest BCUT2D eigenvalue weighted by Gasteiger charge is 2.60. The fourth-order valence-corrected chi connectivity index (χ4v) is 3.62. The van der Waals surface area contributed by atoms with Gasteiger partial charge in [0.25, 0.3) is 0 Å².